The minimum Gasteiger partial charge on any atom is -0.462 e. The molecule has 3 rings (SSSR count). The molecule has 0 bridgehead atoms. The van der Waals surface area contributed by atoms with E-state index in [-0.39, 0.29) is 28.6 Å². The number of hydrogen-bond donors (Lipinski definition) is 1. The van der Waals surface area contributed by atoms with Crippen molar-refractivity contribution in [2.75, 3.05) is 22.0 Å². The van der Waals surface area contributed by atoms with Crippen molar-refractivity contribution in [3.8, 4) is 0 Å². The number of ether oxygens (including phenoxy) is 1. The van der Waals surface area contributed by atoms with Gasteiger partial charge in [-0.15, -0.1) is 0 Å². The molecule has 10 heteroatoms. The van der Waals surface area contributed by atoms with Crippen LogP contribution < -0.4 is 9.62 Å². The third-order valence-corrected chi connectivity index (χ3v) is 6.63. The van der Waals surface area contributed by atoms with E-state index < -0.39 is 33.7 Å². The molecule has 8 nitrogen and oxygen atoms in total. The van der Waals surface area contributed by atoms with Crippen LogP contribution in [0.5, 0.6) is 0 Å². The summed E-state index contributed by atoms with van der Waals surface area (Å²) in [5, 5.41) is 2.64. The van der Waals surface area contributed by atoms with Gasteiger partial charge in [0.25, 0.3) is 5.91 Å². The number of amides is 2. The third-order valence-electron chi connectivity index (χ3n) is 4.45. The topological polar surface area (TPSA) is 110 Å². The second-order valence-electron chi connectivity index (χ2n) is 6.70. The molecule has 2 amide bonds. The first kappa shape index (κ1) is 21.8. The van der Waals surface area contributed by atoms with Gasteiger partial charge in [0.1, 0.15) is 0 Å². The predicted molar refractivity (Wildman–Crippen MR) is 112 cm³/mol. The quantitative estimate of drug-likeness (QED) is 0.701. The van der Waals surface area contributed by atoms with Crippen molar-refractivity contribution in [1.82, 2.24) is 0 Å². The van der Waals surface area contributed by atoms with Crippen LogP contribution in [-0.4, -0.2) is 38.6 Å². The molecule has 1 N–H and O–H groups in total. The Hall–Kier alpha value is -2.91. The lowest BCUT2D eigenvalue weighted by Gasteiger charge is -2.16. The molecule has 0 saturated carbocycles. The fraction of sp³-hybridized carbons (Fsp3) is 0.250. The second-order valence-corrected chi connectivity index (χ2v) is 8.97. The number of anilines is 2. The van der Waals surface area contributed by atoms with Crippen molar-refractivity contribution in [2.24, 2.45) is 5.92 Å². The molecule has 1 aliphatic heterocycles. The Balaban J connectivity index is 1.78. The molecule has 0 spiro atoms. The first-order chi connectivity index (χ1) is 14.1. The van der Waals surface area contributed by atoms with Crippen LogP contribution in [0.25, 0.3) is 0 Å². The number of carbonyl (C=O) groups is 3. The average Bonchev–Trinajstić information content (AvgIpc) is 2.89. The molecule has 0 radical (unpaired) electrons. The standard InChI is InChI=1S/C20H19ClN2O6S/c1-3-29-20(26)13-4-6-14(7-5-13)22-18(24)16-9-8-15(10-17(16)21)23-19(25)12(2)11-30(23,27)28/h4-10,12H,3,11H2,1-2H3,(H,22,24). The molecular formula is C20H19ClN2O6S. The number of esters is 1. The Bertz CT molecular complexity index is 1110. The van der Waals surface area contributed by atoms with Gasteiger partial charge in [-0.3, -0.25) is 9.59 Å². The molecule has 1 saturated heterocycles. The number of nitrogens with one attached hydrogen (secondary N) is 1. The fourth-order valence-corrected chi connectivity index (χ4v) is 5.08. The van der Waals surface area contributed by atoms with Crippen LogP contribution in [0.3, 0.4) is 0 Å². The van der Waals surface area contributed by atoms with Crippen LogP contribution in [0.2, 0.25) is 5.02 Å². The average molecular weight is 451 g/mol. The molecule has 1 fully saturated rings. The molecule has 30 heavy (non-hydrogen) atoms. The molecular weight excluding hydrogens is 432 g/mol. The summed E-state index contributed by atoms with van der Waals surface area (Å²) >= 11 is 6.19. The van der Waals surface area contributed by atoms with Gasteiger partial charge in [0.15, 0.2) is 0 Å². The molecule has 1 unspecified atom stereocenters. The van der Waals surface area contributed by atoms with Crippen molar-refractivity contribution in [2.45, 2.75) is 13.8 Å². The minimum absolute atomic E-state index is 0.00398. The number of benzene rings is 2. The lowest BCUT2D eigenvalue weighted by Crippen LogP contribution is -2.30. The van der Waals surface area contributed by atoms with Crippen LogP contribution in [-0.2, 0) is 19.6 Å². The lowest BCUT2D eigenvalue weighted by molar-refractivity contribution is -0.119. The van der Waals surface area contributed by atoms with Crippen LogP contribution >= 0.6 is 11.6 Å². The van der Waals surface area contributed by atoms with Crippen LogP contribution in [0.4, 0.5) is 11.4 Å². The van der Waals surface area contributed by atoms with Crippen molar-refractivity contribution >= 4 is 50.8 Å². The van der Waals surface area contributed by atoms with Gasteiger partial charge >= 0.3 is 5.97 Å². The van der Waals surface area contributed by atoms with E-state index in [2.05, 4.69) is 5.32 Å². The Morgan fingerprint density at radius 3 is 2.40 bits per heavy atom. The predicted octanol–water partition coefficient (Wildman–Crippen LogP) is 3.08. The maximum Gasteiger partial charge on any atom is 0.338 e. The highest BCUT2D eigenvalue weighted by molar-refractivity contribution is 7.94. The number of sulfonamides is 1. The van der Waals surface area contributed by atoms with Crippen LogP contribution in [0.1, 0.15) is 34.6 Å². The molecule has 2 aromatic rings. The molecule has 1 aliphatic rings. The highest BCUT2D eigenvalue weighted by atomic mass is 35.5. The van der Waals surface area contributed by atoms with E-state index in [0.29, 0.717) is 11.3 Å². The normalized spacial score (nSPS) is 17.6. The maximum absolute atomic E-state index is 12.5. The lowest BCUT2D eigenvalue weighted by atomic mass is 10.1. The Morgan fingerprint density at radius 2 is 1.87 bits per heavy atom. The van der Waals surface area contributed by atoms with Crippen molar-refractivity contribution in [3.05, 3.63) is 58.6 Å². The summed E-state index contributed by atoms with van der Waals surface area (Å²) in [6.45, 7) is 3.50. The highest BCUT2D eigenvalue weighted by Crippen LogP contribution is 2.31. The van der Waals surface area contributed by atoms with Gasteiger partial charge in [0.05, 0.1) is 40.1 Å². The van der Waals surface area contributed by atoms with Crippen molar-refractivity contribution in [1.29, 1.82) is 0 Å². The van der Waals surface area contributed by atoms with Gasteiger partial charge in [0, 0.05) is 5.69 Å². The van der Waals surface area contributed by atoms with E-state index in [9.17, 15) is 22.8 Å². The van der Waals surface area contributed by atoms with E-state index in [4.69, 9.17) is 16.3 Å². The summed E-state index contributed by atoms with van der Waals surface area (Å²) in [6, 6.07) is 10.1. The van der Waals surface area contributed by atoms with Crippen molar-refractivity contribution in [3.63, 3.8) is 0 Å². The number of hydrogen-bond acceptors (Lipinski definition) is 6. The Kier molecular flexibility index (Phi) is 6.14. The zero-order chi connectivity index (χ0) is 22.1. The third kappa shape index (κ3) is 4.31. The summed E-state index contributed by atoms with van der Waals surface area (Å²) < 4.78 is 30.1. The van der Waals surface area contributed by atoms with E-state index in [1.54, 1.807) is 19.1 Å². The van der Waals surface area contributed by atoms with Crippen molar-refractivity contribution < 1.29 is 27.5 Å². The van der Waals surface area contributed by atoms with Crippen LogP contribution in [0.15, 0.2) is 42.5 Å². The first-order valence-electron chi connectivity index (χ1n) is 9.09. The smallest absolute Gasteiger partial charge is 0.338 e. The summed E-state index contributed by atoms with van der Waals surface area (Å²) in [5.41, 5.74) is 0.971. The fourth-order valence-electron chi connectivity index (χ4n) is 3.00. The number of halogens is 1. The second kappa shape index (κ2) is 8.45. The zero-order valence-corrected chi connectivity index (χ0v) is 17.8. The van der Waals surface area contributed by atoms with Gasteiger partial charge in [-0.05, 0) is 49.4 Å². The van der Waals surface area contributed by atoms with Gasteiger partial charge in [0.2, 0.25) is 15.9 Å². The number of nitrogens with zero attached hydrogens (tertiary/aromatic N) is 1. The zero-order valence-electron chi connectivity index (χ0n) is 16.2. The van der Waals surface area contributed by atoms with E-state index in [0.717, 1.165) is 4.31 Å². The van der Waals surface area contributed by atoms with E-state index in [1.165, 1.54) is 37.3 Å². The molecule has 0 aromatic heterocycles. The van der Waals surface area contributed by atoms with E-state index in [1.807, 2.05) is 0 Å². The Labute approximate surface area is 178 Å². The summed E-state index contributed by atoms with van der Waals surface area (Å²) in [6.07, 6.45) is 0. The first-order valence-corrected chi connectivity index (χ1v) is 11.1. The maximum atomic E-state index is 12.5. The van der Waals surface area contributed by atoms with E-state index >= 15 is 0 Å². The molecule has 0 aliphatic carbocycles. The van der Waals surface area contributed by atoms with Gasteiger partial charge in [-0.2, -0.15) is 0 Å². The molecule has 1 atom stereocenters. The molecule has 2 aromatic carbocycles. The highest BCUT2D eigenvalue weighted by Gasteiger charge is 2.42. The minimum atomic E-state index is -3.77. The monoisotopic (exact) mass is 450 g/mol. The summed E-state index contributed by atoms with van der Waals surface area (Å²) in [5.74, 6) is -2.44. The summed E-state index contributed by atoms with van der Waals surface area (Å²) in [7, 11) is -3.77. The molecule has 1 heterocycles. The van der Waals surface area contributed by atoms with Gasteiger partial charge in [-0.1, -0.05) is 18.5 Å². The SMILES string of the molecule is CCOC(=O)c1ccc(NC(=O)c2ccc(N3C(=O)C(C)CS3(=O)=O)cc2Cl)cc1. The number of rotatable bonds is 5. The van der Waals surface area contributed by atoms with Crippen LogP contribution in [0, 0.1) is 5.92 Å². The number of carbonyl (C=O) groups excluding carboxylic acids is 3. The molecule has 158 valence electrons. The Morgan fingerprint density at radius 1 is 1.20 bits per heavy atom. The largest absolute Gasteiger partial charge is 0.462 e. The summed E-state index contributed by atoms with van der Waals surface area (Å²) in [4.78, 5) is 36.4. The van der Waals surface area contributed by atoms with Gasteiger partial charge in [-0.25, -0.2) is 17.5 Å². The van der Waals surface area contributed by atoms with Gasteiger partial charge < -0.3 is 10.1 Å².